The zero-order valence-corrected chi connectivity index (χ0v) is 11.8. The number of nitrogens with zero attached hydrogens (tertiary/aromatic N) is 1. The number of carboxylic acids is 1. The number of rotatable bonds is 5. The van der Waals surface area contributed by atoms with E-state index in [1.54, 1.807) is 0 Å². The van der Waals surface area contributed by atoms with Crippen molar-refractivity contribution in [3.05, 3.63) is 41.4 Å². The van der Waals surface area contributed by atoms with E-state index >= 15 is 0 Å². The maximum atomic E-state index is 12.8. The number of hydrogen-bond acceptors (Lipinski definition) is 3. The van der Waals surface area contributed by atoms with Gasteiger partial charge in [0, 0.05) is 5.69 Å². The molecule has 22 heavy (non-hydrogen) atoms. The van der Waals surface area contributed by atoms with Crippen molar-refractivity contribution in [2.75, 3.05) is 18.1 Å². The monoisotopic (exact) mass is 337 g/mol. The number of halogens is 4. The summed E-state index contributed by atoms with van der Waals surface area (Å²) in [5.41, 5.74) is -1.48. The Morgan fingerprint density at radius 2 is 2.05 bits per heavy atom. The van der Waals surface area contributed by atoms with Crippen LogP contribution in [0.15, 0.2) is 30.9 Å². The fourth-order valence-electron chi connectivity index (χ4n) is 1.50. The van der Waals surface area contributed by atoms with Crippen LogP contribution in [0.25, 0.3) is 0 Å². The molecular weight excluding hydrogens is 327 g/mol. The number of alkyl halides is 3. The van der Waals surface area contributed by atoms with E-state index in [1.807, 2.05) is 0 Å². The number of ether oxygens (including phenoxy) is 1. The van der Waals surface area contributed by atoms with Crippen molar-refractivity contribution < 1.29 is 32.6 Å². The van der Waals surface area contributed by atoms with E-state index in [-0.39, 0.29) is 12.3 Å². The van der Waals surface area contributed by atoms with E-state index in [0.717, 1.165) is 12.1 Å². The molecular formula is C13H11ClF3NO4. The molecule has 1 rings (SSSR count). The highest BCUT2D eigenvalue weighted by atomic mass is 35.5. The van der Waals surface area contributed by atoms with Gasteiger partial charge in [-0.25, -0.2) is 4.79 Å². The molecule has 0 aromatic heterocycles. The van der Waals surface area contributed by atoms with Crippen LogP contribution >= 0.6 is 11.6 Å². The van der Waals surface area contributed by atoms with Crippen LogP contribution < -0.4 is 4.90 Å². The third-order valence-corrected chi connectivity index (χ3v) is 2.74. The molecule has 1 amide bonds. The molecule has 5 nitrogen and oxygen atoms in total. The molecule has 1 aromatic rings. The largest absolute Gasteiger partial charge is 0.480 e. The molecule has 0 unspecified atom stereocenters. The molecule has 0 radical (unpaired) electrons. The predicted octanol–water partition coefficient (Wildman–Crippen LogP) is 3.57. The molecule has 0 aliphatic rings. The quantitative estimate of drug-likeness (QED) is 0.834. The summed E-state index contributed by atoms with van der Waals surface area (Å²) in [5, 5.41) is 8.22. The van der Waals surface area contributed by atoms with E-state index in [4.69, 9.17) is 16.7 Å². The average Bonchev–Trinajstić information content (AvgIpc) is 2.41. The second-order valence-electron chi connectivity index (χ2n) is 4.01. The maximum absolute atomic E-state index is 12.8. The molecule has 1 aromatic carbocycles. The molecule has 0 spiro atoms. The molecule has 0 fully saturated rings. The smallest absolute Gasteiger partial charge is 0.417 e. The summed E-state index contributed by atoms with van der Waals surface area (Å²) in [4.78, 5) is 23.1. The van der Waals surface area contributed by atoms with Crippen LogP contribution in [0, 0.1) is 0 Å². The van der Waals surface area contributed by atoms with E-state index in [0.29, 0.717) is 11.0 Å². The number of benzene rings is 1. The van der Waals surface area contributed by atoms with Gasteiger partial charge in [0.15, 0.2) is 0 Å². The fraction of sp³-hybridized carbons (Fsp3) is 0.231. The van der Waals surface area contributed by atoms with Gasteiger partial charge in [-0.1, -0.05) is 24.3 Å². The molecule has 120 valence electrons. The topological polar surface area (TPSA) is 66.8 Å². The number of carbonyl (C=O) groups is 2. The van der Waals surface area contributed by atoms with Gasteiger partial charge in [-0.3, -0.25) is 9.69 Å². The Morgan fingerprint density at radius 1 is 1.41 bits per heavy atom. The maximum Gasteiger partial charge on any atom is 0.417 e. The summed E-state index contributed by atoms with van der Waals surface area (Å²) in [5.74, 6) is -1.42. The summed E-state index contributed by atoms with van der Waals surface area (Å²) < 4.78 is 43.1. The number of amides is 1. The second kappa shape index (κ2) is 7.17. The predicted molar refractivity (Wildman–Crippen MR) is 73.0 cm³/mol. The molecule has 0 aliphatic carbocycles. The molecule has 0 heterocycles. The zero-order valence-electron chi connectivity index (χ0n) is 11.1. The van der Waals surface area contributed by atoms with Gasteiger partial charge in [0.1, 0.15) is 13.2 Å². The van der Waals surface area contributed by atoms with Crippen LogP contribution in [0.1, 0.15) is 5.56 Å². The third kappa shape index (κ3) is 4.66. The molecule has 0 aliphatic heterocycles. The Hall–Kier alpha value is -2.22. The van der Waals surface area contributed by atoms with E-state index < -0.39 is 35.4 Å². The summed E-state index contributed by atoms with van der Waals surface area (Å²) >= 11 is 5.47. The molecule has 1 N–H and O–H groups in total. The first-order valence-electron chi connectivity index (χ1n) is 5.80. The second-order valence-corrected chi connectivity index (χ2v) is 4.41. The van der Waals surface area contributed by atoms with Crippen LogP contribution in [0.3, 0.4) is 0 Å². The lowest BCUT2D eigenvalue weighted by molar-refractivity contribution is -0.137. The molecule has 0 saturated carbocycles. The lowest BCUT2D eigenvalue weighted by atomic mass is 10.2. The van der Waals surface area contributed by atoms with Gasteiger partial charge in [-0.15, -0.1) is 0 Å². The van der Waals surface area contributed by atoms with E-state index in [1.165, 1.54) is 6.08 Å². The van der Waals surface area contributed by atoms with Crippen molar-refractivity contribution in [3.63, 3.8) is 0 Å². The summed E-state index contributed by atoms with van der Waals surface area (Å²) in [7, 11) is 0. The zero-order chi connectivity index (χ0) is 16.9. The minimum Gasteiger partial charge on any atom is -0.480 e. The van der Waals surface area contributed by atoms with Gasteiger partial charge >= 0.3 is 18.2 Å². The summed E-state index contributed by atoms with van der Waals surface area (Å²) in [6.07, 6.45) is -4.62. The summed E-state index contributed by atoms with van der Waals surface area (Å²) in [6, 6.07) is 2.60. The van der Waals surface area contributed by atoms with Crippen molar-refractivity contribution in [3.8, 4) is 0 Å². The van der Waals surface area contributed by atoms with Gasteiger partial charge in [0.25, 0.3) is 0 Å². The number of hydrogen-bond donors (Lipinski definition) is 1. The van der Waals surface area contributed by atoms with Crippen molar-refractivity contribution in [2.24, 2.45) is 0 Å². The van der Waals surface area contributed by atoms with Crippen LogP contribution in [-0.2, 0) is 15.7 Å². The number of aliphatic carboxylic acids is 1. The Morgan fingerprint density at radius 3 is 2.55 bits per heavy atom. The van der Waals surface area contributed by atoms with Gasteiger partial charge in [-0.2, -0.15) is 13.2 Å². The van der Waals surface area contributed by atoms with Crippen molar-refractivity contribution >= 4 is 29.4 Å². The molecule has 0 bridgehead atoms. The Labute approximate surface area is 128 Å². The van der Waals surface area contributed by atoms with Crippen LogP contribution in [0.2, 0.25) is 5.02 Å². The molecule has 0 saturated heterocycles. The minimum absolute atomic E-state index is 0.214. The highest BCUT2D eigenvalue weighted by Crippen LogP contribution is 2.37. The van der Waals surface area contributed by atoms with Gasteiger partial charge < -0.3 is 9.84 Å². The summed E-state index contributed by atoms with van der Waals surface area (Å²) in [6.45, 7) is 2.23. The highest BCUT2D eigenvalue weighted by Gasteiger charge is 2.34. The number of carboxylic acid groups (broad SMARTS) is 1. The third-order valence-electron chi connectivity index (χ3n) is 2.41. The van der Waals surface area contributed by atoms with E-state index in [9.17, 15) is 22.8 Å². The minimum atomic E-state index is -4.74. The number of carbonyl (C=O) groups excluding carboxylic acids is 1. The Balaban J connectivity index is 3.22. The van der Waals surface area contributed by atoms with Gasteiger partial charge in [-0.05, 0) is 18.2 Å². The Kier molecular flexibility index (Phi) is 5.81. The standard InChI is InChI=1S/C13H11ClF3NO4/c1-2-5-22-12(21)18(7-11(19)20)8-3-4-10(14)9(6-8)13(15,16)17/h2-4,6H,1,5,7H2,(H,19,20). The molecule has 0 atom stereocenters. The van der Waals surface area contributed by atoms with Gasteiger partial charge in [0.05, 0.1) is 10.6 Å². The van der Waals surface area contributed by atoms with Crippen LogP contribution in [0.5, 0.6) is 0 Å². The first kappa shape index (κ1) is 17.8. The normalized spacial score (nSPS) is 10.9. The fourth-order valence-corrected chi connectivity index (χ4v) is 1.73. The lowest BCUT2D eigenvalue weighted by Crippen LogP contribution is -2.36. The number of anilines is 1. The van der Waals surface area contributed by atoms with E-state index in [2.05, 4.69) is 11.3 Å². The average molecular weight is 338 g/mol. The van der Waals surface area contributed by atoms with Crippen LogP contribution in [0.4, 0.5) is 23.7 Å². The van der Waals surface area contributed by atoms with Crippen LogP contribution in [-0.4, -0.2) is 30.3 Å². The SMILES string of the molecule is C=CCOC(=O)N(CC(=O)O)c1ccc(Cl)c(C(F)(F)F)c1. The first-order valence-corrected chi connectivity index (χ1v) is 6.18. The Bertz CT molecular complexity index is 589. The van der Waals surface area contributed by atoms with Crippen molar-refractivity contribution in [2.45, 2.75) is 6.18 Å². The molecule has 9 heteroatoms. The highest BCUT2D eigenvalue weighted by molar-refractivity contribution is 6.31. The lowest BCUT2D eigenvalue weighted by Gasteiger charge is -2.21. The van der Waals surface area contributed by atoms with Gasteiger partial charge in [0.2, 0.25) is 0 Å². The van der Waals surface area contributed by atoms with Crippen molar-refractivity contribution in [1.29, 1.82) is 0 Å². The van der Waals surface area contributed by atoms with Crippen molar-refractivity contribution in [1.82, 2.24) is 0 Å². The first-order chi connectivity index (χ1) is 10.2.